The van der Waals surface area contributed by atoms with Crippen molar-refractivity contribution in [2.75, 3.05) is 57.2 Å². The molecule has 1 fully saturated rings. The maximum Gasteiger partial charge on any atom is 0.356 e. The molecule has 0 saturated carbocycles. The van der Waals surface area contributed by atoms with Gasteiger partial charge < -0.3 is 29.6 Å². The van der Waals surface area contributed by atoms with E-state index in [-0.39, 0.29) is 24.0 Å². The molecule has 2 aromatic carbocycles. The molecule has 0 spiro atoms. The molecule has 0 unspecified atom stereocenters. The van der Waals surface area contributed by atoms with Gasteiger partial charge in [-0.25, -0.2) is 9.18 Å². The second-order valence-corrected chi connectivity index (χ2v) is 7.69. The highest BCUT2D eigenvalue weighted by molar-refractivity contribution is 6.13. The zero-order valence-corrected chi connectivity index (χ0v) is 18.0. The minimum Gasteiger partial charge on any atom is -0.496 e. The standard InChI is InChI=1S/C23H25FN4O4/c1-31-18-5-3-4-17-20(18)21(22(25-17)23(30)32-2)26-19(29)14-27-10-12-28(13-11-27)16-8-6-15(24)7-9-16/h3-9,25H,10-14H2,1-2H3,(H,26,29)/p+1. The predicted octanol–water partition coefficient (Wildman–Crippen LogP) is 1.45. The number of H-pyrrole nitrogens is 1. The van der Waals surface area contributed by atoms with Crippen molar-refractivity contribution in [2.45, 2.75) is 0 Å². The van der Waals surface area contributed by atoms with Gasteiger partial charge in [0.15, 0.2) is 6.54 Å². The van der Waals surface area contributed by atoms with Gasteiger partial charge in [-0.1, -0.05) is 6.07 Å². The number of halogens is 1. The van der Waals surface area contributed by atoms with E-state index in [0.29, 0.717) is 22.3 Å². The number of piperazine rings is 1. The average Bonchev–Trinajstić information content (AvgIpc) is 3.18. The van der Waals surface area contributed by atoms with Crippen LogP contribution in [0.3, 0.4) is 0 Å². The number of aromatic nitrogens is 1. The molecule has 3 aromatic rings. The van der Waals surface area contributed by atoms with Crippen molar-refractivity contribution in [2.24, 2.45) is 0 Å². The Morgan fingerprint density at radius 2 is 1.84 bits per heavy atom. The molecule has 0 bridgehead atoms. The zero-order valence-electron chi connectivity index (χ0n) is 18.0. The lowest BCUT2D eigenvalue weighted by Crippen LogP contribution is -3.15. The van der Waals surface area contributed by atoms with Crippen LogP contribution in [0.1, 0.15) is 10.5 Å². The number of hydrogen-bond donors (Lipinski definition) is 3. The minimum atomic E-state index is -0.571. The molecule has 0 radical (unpaired) electrons. The second-order valence-electron chi connectivity index (χ2n) is 7.69. The third kappa shape index (κ3) is 4.38. The number of quaternary nitrogens is 1. The van der Waals surface area contributed by atoms with Gasteiger partial charge in [0.2, 0.25) is 0 Å². The van der Waals surface area contributed by atoms with E-state index in [4.69, 9.17) is 9.47 Å². The predicted molar refractivity (Wildman–Crippen MR) is 119 cm³/mol. The number of rotatable bonds is 6. The first-order valence-electron chi connectivity index (χ1n) is 10.4. The first kappa shape index (κ1) is 21.6. The zero-order chi connectivity index (χ0) is 22.7. The average molecular weight is 441 g/mol. The Morgan fingerprint density at radius 1 is 1.12 bits per heavy atom. The van der Waals surface area contributed by atoms with Gasteiger partial charge in [-0.2, -0.15) is 0 Å². The van der Waals surface area contributed by atoms with Crippen molar-refractivity contribution in [3.05, 3.63) is 54.0 Å². The summed E-state index contributed by atoms with van der Waals surface area (Å²) >= 11 is 0. The van der Waals surface area contributed by atoms with Gasteiger partial charge in [0.1, 0.15) is 17.3 Å². The molecule has 3 N–H and O–H groups in total. The molecule has 1 aliphatic rings. The fraction of sp³-hybridized carbons (Fsp3) is 0.304. The number of nitrogens with zero attached hydrogens (tertiary/aromatic N) is 1. The van der Waals surface area contributed by atoms with E-state index in [1.54, 1.807) is 30.3 Å². The number of ether oxygens (including phenoxy) is 2. The summed E-state index contributed by atoms with van der Waals surface area (Å²) < 4.78 is 23.5. The van der Waals surface area contributed by atoms with Gasteiger partial charge in [0.05, 0.1) is 57.0 Å². The van der Waals surface area contributed by atoms with Gasteiger partial charge in [-0.05, 0) is 36.4 Å². The summed E-state index contributed by atoms with van der Waals surface area (Å²) in [5.41, 5.74) is 2.18. The fourth-order valence-corrected chi connectivity index (χ4v) is 4.09. The lowest BCUT2D eigenvalue weighted by Gasteiger charge is -2.33. The highest BCUT2D eigenvalue weighted by Crippen LogP contribution is 2.35. The van der Waals surface area contributed by atoms with Crippen LogP contribution in [-0.2, 0) is 9.53 Å². The number of amides is 1. The van der Waals surface area contributed by atoms with E-state index < -0.39 is 5.97 Å². The van der Waals surface area contributed by atoms with Crippen LogP contribution in [0.25, 0.3) is 10.9 Å². The van der Waals surface area contributed by atoms with E-state index in [2.05, 4.69) is 15.2 Å². The van der Waals surface area contributed by atoms with Gasteiger partial charge in [-0.3, -0.25) is 4.79 Å². The van der Waals surface area contributed by atoms with Gasteiger partial charge in [0.25, 0.3) is 5.91 Å². The number of nitrogens with one attached hydrogen (secondary N) is 3. The van der Waals surface area contributed by atoms with Crippen LogP contribution in [0.2, 0.25) is 0 Å². The number of benzene rings is 2. The Labute approximate surface area is 184 Å². The van der Waals surface area contributed by atoms with Crippen LogP contribution in [0.5, 0.6) is 5.75 Å². The summed E-state index contributed by atoms with van der Waals surface area (Å²) in [5, 5.41) is 3.52. The first-order chi connectivity index (χ1) is 15.5. The van der Waals surface area contributed by atoms with Crippen molar-refractivity contribution in [3.63, 3.8) is 0 Å². The quantitative estimate of drug-likeness (QED) is 0.504. The number of esters is 1. The molecule has 8 nitrogen and oxygen atoms in total. The lowest BCUT2D eigenvalue weighted by molar-refractivity contribution is -0.892. The number of aromatic amines is 1. The summed E-state index contributed by atoms with van der Waals surface area (Å²) in [6, 6.07) is 11.8. The number of anilines is 2. The number of carbonyl (C=O) groups excluding carboxylic acids is 2. The first-order valence-corrected chi connectivity index (χ1v) is 10.4. The second kappa shape index (κ2) is 9.27. The van der Waals surface area contributed by atoms with Crippen molar-refractivity contribution in [3.8, 4) is 5.75 Å². The molecule has 168 valence electrons. The normalized spacial score (nSPS) is 14.4. The Kier molecular flexibility index (Phi) is 6.27. The lowest BCUT2D eigenvalue weighted by atomic mass is 10.2. The largest absolute Gasteiger partial charge is 0.496 e. The topological polar surface area (TPSA) is 88.1 Å². The van der Waals surface area contributed by atoms with Crippen LogP contribution in [0.15, 0.2) is 42.5 Å². The molecule has 4 rings (SSSR count). The molecule has 1 amide bonds. The fourth-order valence-electron chi connectivity index (χ4n) is 4.09. The third-order valence-corrected chi connectivity index (χ3v) is 5.73. The monoisotopic (exact) mass is 441 g/mol. The number of carbonyl (C=O) groups is 2. The van der Waals surface area contributed by atoms with E-state index in [1.807, 2.05) is 0 Å². The Hall–Kier alpha value is -3.59. The SMILES string of the molecule is COC(=O)c1[nH]c2cccc(OC)c2c1NC(=O)C[NH+]1CCN(c2ccc(F)cc2)CC1. The molecule has 1 aliphatic heterocycles. The Balaban J connectivity index is 1.45. The summed E-state index contributed by atoms with van der Waals surface area (Å²) in [5.74, 6) is -0.481. The van der Waals surface area contributed by atoms with Crippen LogP contribution >= 0.6 is 0 Å². The number of hydrogen-bond acceptors (Lipinski definition) is 5. The van der Waals surface area contributed by atoms with Gasteiger partial charge in [-0.15, -0.1) is 0 Å². The number of methoxy groups -OCH3 is 2. The van der Waals surface area contributed by atoms with Crippen molar-refractivity contribution < 1.29 is 28.4 Å². The molecular formula is C23H26FN4O4+. The van der Waals surface area contributed by atoms with Crippen molar-refractivity contribution >= 4 is 34.2 Å². The highest BCUT2D eigenvalue weighted by atomic mass is 19.1. The van der Waals surface area contributed by atoms with Crippen molar-refractivity contribution in [1.82, 2.24) is 4.98 Å². The minimum absolute atomic E-state index is 0.177. The smallest absolute Gasteiger partial charge is 0.356 e. The van der Waals surface area contributed by atoms with E-state index >= 15 is 0 Å². The Bertz CT molecular complexity index is 1120. The van der Waals surface area contributed by atoms with E-state index in [1.165, 1.54) is 26.4 Å². The highest BCUT2D eigenvalue weighted by Gasteiger charge is 2.26. The van der Waals surface area contributed by atoms with Crippen LogP contribution < -0.4 is 19.9 Å². The molecule has 32 heavy (non-hydrogen) atoms. The van der Waals surface area contributed by atoms with E-state index in [9.17, 15) is 14.0 Å². The van der Waals surface area contributed by atoms with Gasteiger partial charge in [0, 0.05) is 5.69 Å². The van der Waals surface area contributed by atoms with Crippen LogP contribution in [0.4, 0.5) is 15.8 Å². The maximum atomic E-state index is 13.2. The van der Waals surface area contributed by atoms with E-state index in [0.717, 1.165) is 36.8 Å². The maximum absolute atomic E-state index is 13.2. The molecule has 0 atom stereocenters. The molecule has 1 aromatic heterocycles. The van der Waals surface area contributed by atoms with Crippen molar-refractivity contribution in [1.29, 1.82) is 0 Å². The molecule has 1 saturated heterocycles. The van der Waals surface area contributed by atoms with Crippen LogP contribution in [0, 0.1) is 5.82 Å². The molecule has 2 heterocycles. The summed E-state index contributed by atoms with van der Waals surface area (Å²) in [7, 11) is 2.83. The number of fused-ring (bicyclic) bond motifs is 1. The summed E-state index contributed by atoms with van der Waals surface area (Å²) in [6.45, 7) is 3.34. The molecular weight excluding hydrogens is 415 g/mol. The Morgan fingerprint density at radius 3 is 2.50 bits per heavy atom. The molecule has 9 heteroatoms. The van der Waals surface area contributed by atoms with Gasteiger partial charge >= 0.3 is 5.97 Å². The summed E-state index contributed by atoms with van der Waals surface area (Å²) in [4.78, 5) is 31.5. The molecule has 0 aliphatic carbocycles. The third-order valence-electron chi connectivity index (χ3n) is 5.73. The van der Waals surface area contributed by atoms with Crippen LogP contribution in [-0.4, -0.2) is 63.8 Å². The summed E-state index contributed by atoms with van der Waals surface area (Å²) in [6.07, 6.45) is 0.